The van der Waals surface area contributed by atoms with Crippen LogP contribution in [0.25, 0.3) is 0 Å². The quantitative estimate of drug-likeness (QED) is 0.489. The van der Waals surface area contributed by atoms with Crippen LogP contribution in [0.15, 0.2) is 54.6 Å². The van der Waals surface area contributed by atoms with E-state index in [-0.39, 0.29) is 11.8 Å². The van der Waals surface area contributed by atoms with Crippen LogP contribution >= 0.6 is 11.8 Å². The Morgan fingerprint density at radius 1 is 1.03 bits per heavy atom. The van der Waals surface area contributed by atoms with E-state index in [0.717, 1.165) is 29.1 Å². The first kappa shape index (κ1) is 24.0. The number of hydrogen-bond acceptors (Lipinski definition) is 3. The molecule has 0 heterocycles. The summed E-state index contributed by atoms with van der Waals surface area (Å²) < 4.78 is 0. The van der Waals surface area contributed by atoms with Crippen LogP contribution in [0.3, 0.4) is 0 Å². The third-order valence-corrected chi connectivity index (χ3v) is 5.97. The first-order valence-electron chi connectivity index (χ1n) is 10.8. The Hall–Kier alpha value is -2.27. The van der Waals surface area contributed by atoms with Crippen LogP contribution in [-0.2, 0) is 21.9 Å². The van der Waals surface area contributed by atoms with E-state index in [1.54, 1.807) is 16.7 Å². The maximum absolute atomic E-state index is 13.2. The predicted octanol–water partition coefficient (Wildman–Crippen LogP) is 4.95. The number of nitrogens with one attached hydrogen (secondary N) is 1. The van der Waals surface area contributed by atoms with Crippen molar-refractivity contribution in [2.75, 3.05) is 12.3 Å². The fourth-order valence-corrected chi connectivity index (χ4v) is 4.25. The fourth-order valence-electron chi connectivity index (χ4n) is 3.36. The number of aryl methyl sites for hydroxylation is 1. The second kappa shape index (κ2) is 13.1. The topological polar surface area (TPSA) is 49.4 Å². The summed E-state index contributed by atoms with van der Waals surface area (Å²) in [5.74, 6) is 1.61. The third kappa shape index (κ3) is 7.86. The van der Waals surface area contributed by atoms with Crippen molar-refractivity contribution in [3.63, 3.8) is 0 Å². The molecule has 2 aromatic carbocycles. The Balaban J connectivity index is 2.04. The number of hydrogen-bond donors (Lipinski definition) is 1. The second-order valence-corrected chi connectivity index (χ2v) is 8.62. The Kier molecular flexibility index (Phi) is 10.5. The number of carbonyl (C=O) groups is 2. The van der Waals surface area contributed by atoms with Gasteiger partial charge in [-0.25, -0.2) is 0 Å². The molecule has 30 heavy (non-hydrogen) atoms. The maximum Gasteiger partial charge on any atom is 0.242 e. The van der Waals surface area contributed by atoms with Gasteiger partial charge in [0.05, 0.1) is 0 Å². The summed E-state index contributed by atoms with van der Waals surface area (Å²) in [4.78, 5) is 27.7. The summed E-state index contributed by atoms with van der Waals surface area (Å²) in [7, 11) is 0. The molecule has 2 rings (SSSR count). The molecule has 1 N–H and O–H groups in total. The molecule has 0 aliphatic heterocycles. The highest BCUT2D eigenvalue weighted by Crippen LogP contribution is 2.17. The molecule has 0 aliphatic rings. The monoisotopic (exact) mass is 426 g/mol. The van der Waals surface area contributed by atoms with Gasteiger partial charge in [0.2, 0.25) is 11.8 Å². The van der Waals surface area contributed by atoms with Crippen LogP contribution < -0.4 is 5.32 Å². The lowest BCUT2D eigenvalue weighted by molar-refractivity contribution is -0.141. The SMILES string of the molecule is CCCNC(=O)C(CC)N(Cc1cccc(C)c1)C(=O)CCSCc1ccccc1. The van der Waals surface area contributed by atoms with Crippen molar-refractivity contribution in [2.24, 2.45) is 0 Å². The molecule has 2 amide bonds. The highest BCUT2D eigenvalue weighted by molar-refractivity contribution is 7.98. The largest absolute Gasteiger partial charge is 0.354 e. The van der Waals surface area contributed by atoms with Crippen molar-refractivity contribution in [1.29, 1.82) is 0 Å². The molecule has 4 nitrogen and oxygen atoms in total. The van der Waals surface area contributed by atoms with Crippen molar-refractivity contribution >= 4 is 23.6 Å². The van der Waals surface area contributed by atoms with Crippen molar-refractivity contribution < 1.29 is 9.59 Å². The molecule has 0 fully saturated rings. The third-order valence-electron chi connectivity index (χ3n) is 4.94. The van der Waals surface area contributed by atoms with E-state index in [2.05, 4.69) is 23.5 Å². The van der Waals surface area contributed by atoms with E-state index in [1.807, 2.05) is 57.2 Å². The van der Waals surface area contributed by atoms with Gasteiger partial charge in [0.15, 0.2) is 0 Å². The molecule has 1 unspecified atom stereocenters. The average molecular weight is 427 g/mol. The predicted molar refractivity (Wildman–Crippen MR) is 126 cm³/mol. The average Bonchev–Trinajstić information content (AvgIpc) is 2.75. The first-order chi connectivity index (χ1) is 14.5. The molecule has 0 saturated carbocycles. The van der Waals surface area contributed by atoms with E-state index >= 15 is 0 Å². The minimum atomic E-state index is -0.441. The van der Waals surface area contributed by atoms with Gasteiger partial charge < -0.3 is 10.2 Å². The summed E-state index contributed by atoms with van der Waals surface area (Å²) >= 11 is 1.75. The van der Waals surface area contributed by atoms with E-state index < -0.39 is 6.04 Å². The number of nitrogens with zero attached hydrogens (tertiary/aromatic N) is 1. The van der Waals surface area contributed by atoms with Gasteiger partial charge in [0.1, 0.15) is 6.04 Å². The molecule has 0 bridgehead atoms. The number of amides is 2. The van der Waals surface area contributed by atoms with Gasteiger partial charge in [-0.15, -0.1) is 0 Å². The summed E-state index contributed by atoms with van der Waals surface area (Å²) in [5.41, 5.74) is 3.47. The number of benzene rings is 2. The zero-order valence-corrected chi connectivity index (χ0v) is 19.2. The Morgan fingerprint density at radius 3 is 2.43 bits per heavy atom. The normalized spacial score (nSPS) is 11.7. The van der Waals surface area contributed by atoms with Gasteiger partial charge in [-0.05, 0) is 30.9 Å². The highest BCUT2D eigenvalue weighted by Gasteiger charge is 2.28. The van der Waals surface area contributed by atoms with Crippen LogP contribution in [-0.4, -0.2) is 35.1 Å². The maximum atomic E-state index is 13.2. The van der Waals surface area contributed by atoms with Gasteiger partial charge in [-0.2, -0.15) is 11.8 Å². The van der Waals surface area contributed by atoms with Crippen molar-refractivity contribution in [3.05, 3.63) is 71.3 Å². The lowest BCUT2D eigenvalue weighted by Gasteiger charge is -2.31. The Bertz CT molecular complexity index is 795. The Morgan fingerprint density at radius 2 is 1.77 bits per heavy atom. The molecule has 0 radical (unpaired) electrons. The first-order valence-corrected chi connectivity index (χ1v) is 11.9. The smallest absolute Gasteiger partial charge is 0.242 e. The molecule has 1 atom stereocenters. The zero-order chi connectivity index (χ0) is 21.8. The fraction of sp³-hybridized carbons (Fsp3) is 0.440. The summed E-state index contributed by atoms with van der Waals surface area (Å²) in [6, 6.07) is 18.0. The Labute approximate surface area is 185 Å². The minimum absolute atomic E-state index is 0.0376. The van der Waals surface area contributed by atoms with Gasteiger partial charge >= 0.3 is 0 Å². The van der Waals surface area contributed by atoms with Crippen LogP contribution in [0.5, 0.6) is 0 Å². The van der Waals surface area contributed by atoms with Crippen LogP contribution in [0.2, 0.25) is 0 Å². The van der Waals surface area contributed by atoms with Crippen LogP contribution in [0.1, 0.15) is 49.8 Å². The van der Waals surface area contributed by atoms with Gasteiger partial charge in [0.25, 0.3) is 0 Å². The van der Waals surface area contributed by atoms with E-state index in [0.29, 0.717) is 25.9 Å². The van der Waals surface area contributed by atoms with Gasteiger partial charge in [0, 0.05) is 31.0 Å². The molecule has 0 aromatic heterocycles. The highest BCUT2D eigenvalue weighted by atomic mass is 32.2. The number of rotatable bonds is 12. The molecule has 5 heteroatoms. The molecular formula is C25H34N2O2S. The second-order valence-electron chi connectivity index (χ2n) is 7.51. The van der Waals surface area contributed by atoms with E-state index in [4.69, 9.17) is 0 Å². The summed E-state index contributed by atoms with van der Waals surface area (Å²) in [6.45, 7) is 7.13. The van der Waals surface area contributed by atoms with E-state index in [1.165, 1.54) is 5.56 Å². The molecule has 0 spiro atoms. The summed E-state index contributed by atoms with van der Waals surface area (Å²) in [5, 5.41) is 2.97. The van der Waals surface area contributed by atoms with E-state index in [9.17, 15) is 9.59 Å². The van der Waals surface area contributed by atoms with Gasteiger partial charge in [-0.1, -0.05) is 74.0 Å². The van der Waals surface area contributed by atoms with Crippen molar-refractivity contribution in [3.8, 4) is 0 Å². The number of carbonyl (C=O) groups excluding carboxylic acids is 2. The van der Waals surface area contributed by atoms with Crippen molar-refractivity contribution in [2.45, 2.75) is 58.4 Å². The summed E-state index contributed by atoms with van der Waals surface area (Å²) in [6.07, 6.45) is 1.91. The molecule has 0 aliphatic carbocycles. The van der Waals surface area contributed by atoms with Crippen LogP contribution in [0, 0.1) is 6.92 Å². The lowest BCUT2D eigenvalue weighted by atomic mass is 10.1. The lowest BCUT2D eigenvalue weighted by Crippen LogP contribution is -2.49. The van der Waals surface area contributed by atoms with Crippen molar-refractivity contribution in [1.82, 2.24) is 10.2 Å². The van der Waals surface area contributed by atoms with Gasteiger partial charge in [-0.3, -0.25) is 9.59 Å². The number of thioether (sulfide) groups is 1. The molecule has 0 saturated heterocycles. The molecule has 162 valence electrons. The zero-order valence-electron chi connectivity index (χ0n) is 18.4. The van der Waals surface area contributed by atoms with Crippen LogP contribution in [0.4, 0.5) is 0 Å². The minimum Gasteiger partial charge on any atom is -0.354 e. The molecular weight excluding hydrogens is 392 g/mol. The molecule has 2 aromatic rings. The standard InChI is InChI=1S/C25H34N2O2S/c1-4-15-26-25(29)23(5-2)27(18-22-13-9-10-20(3)17-22)24(28)14-16-30-19-21-11-7-6-8-12-21/h6-13,17,23H,4-5,14-16,18-19H2,1-3H3,(H,26,29).